The van der Waals surface area contributed by atoms with E-state index in [9.17, 15) is 27.6 Å². The van der Waals surface area contributed by atoms with E-state index in [1.165, 1.54) is 4.90 Å². The van der Waals surface area contributed by atoms with Crippen LogP contribution in [0.3, 0.4) is 0 Å². The molecule has 0 N–H and O–H groups in total. The molecule has 0 bridgehead atoms. The third kappa shape index (κ3) is 3.19. The predicted molar refractivity (Wildman–Crippen MR) is 75.5 cm³/mol. The third-order valence-electron chi connectivity index (χ3n) is 3.97. The van der Waals surface area contributed by atoms with Gasteiger partial charge in [0.2, 0.25) is 11.8 Å². The molecular weight excluding hydrogens is 327 g/mol. The molecule has 24 heavy (non-hydrogen) atoms. The van der Waals surface area contributed by atoms with Crippen LogP contribution in [0.25, 0.3) is 0 Å². The molecule has 0 radical (unpaired) electrons. The van der Waals surface area contributed by atoms with Crippen LogP contribution in [0, 0.1) is 0 Å². The summed E-state index contributed by atoms with van der Waals surface area (Å²) in [7, 11) is 0. The van der Waals surface area contributed by atoms with E-state index in [2.05, 4.69) is 0 Å². The van der Waals surface area contributed by atoms with Gasteiger partial charge in [-0.05, 0) is 11.6 Å². The largest absolute Gasteiger partial charge is 0.406 e. The maximum Gasteiger partial charge on any atom is 0.406 e. The Morgan fingerprint density at radius 3 is 2.46 bits per heavy atom. The van der Waals surface area contributed by atoms with E-state index < -0.39 is 37.7 Å². The first-order valence-corrected chi connectivity index (χ1v) is 7.24. The van der Waals surface area contributed by atoms with Crippen molar-refractivity contribution in [3.63, 3.8) is 0 Å². The Kier molecular flexibility index (Phi) is 3.94. The van der Waals surface area contributed by atoms with Gasteiger partial charge in [0.25, 0.3) is 5.91 Å². The molecule has 9 heteroatoms. The van der Waals surface area contributed by atoms with Gasteiger partial charge in [0.15, 0.2) is 0 Å². The molecular formula is C15H14F3N3O3. The molecule has 0 spiro atoms. The third-order valence-corrected chi connectivity index (χ3v) is 3.97. The molecule has 2 aliphatic rings. The molecule has 0 saturated carbocycles. The lowest BCUT2D eigenvalue weighted by molar-refractivity contribution is -0.157. The van der Waals surface area contributed by atoms with E-state index in [0.717, 1.165) is 10.5 Å². The van der Waals surface area contributed by atoms with Crippen LogP contribution in [0.5, 0.6) is 0 Å². The number of rotatable bonds is 3. The van der Waals surface area contributed by atoms with Crippen LogP contribution in [0.1, 0.15) is 15.9 Å². The molecule has 1 saturated heterocycles. The minimum absolute atomic E-state index is 0.263. The molecule has 0 unspecified atom stereocenters. The summed E-state index contributed by atoms with van der Waals surface area (Å²) in [5.74, 6) is -1.59. The van der Waals surface area contributed by atoms with Crippen molar-refractivity contribution in [1.29, 1.82) is 0 Å². The number of carbonyl (C=O) groups excluding carboxylic acids is 3. The maximum atomic E-state index is 12.4. The molecule has 6 nitrogen and oxygen atoms in total. The smallest absolute Gasteiger partial charge is 0.325 e. The van der Waals surface area contributed by atoms with E-state index in [4.69, 9.17) is 0 Å². The summed E-state index contributed by atoms with van der Waals surface area (Å²) in [6.45, 7) is -2.19. The average Bonchev–Trinajstić information content (AvgIpc) is 3.00. The fraction of sp³-hybridized carbons (Fsp3) is 0.400. The van der Waals surface area contributed by atoms with Crippen molar-refractivity contribution in [3.05, 3.63) is 35.4 Å². The fourth-order valence-electron chi connectivity index (χ4n) is 2.83. The van der Waals surface area contributed by atoms with Gasteiger partial charge in [0, 0.05) is 12.1 Å². The van der Waals surface area contributed by atoms with Gasteiger partial charge < -0.3 is 14.7 Å². The van der Waals surface area contributed by atoms with Gasteiger partial charge in [-0.3, -0.25) is 14.4 Å². The van der Waals surface area contributed by atoms with Crippen LogP contribution in [0.2, 0.25) is 0 Å². The summed E-state index contributed by atoms with van der Waals surface area (Å²) in [5.41, 5.74) is 1.31. The van der Waals surface area contributed by atoms with Gasteiger partial charge in [0.1, 0.15) is 19.6 Å². The molecule has 1 fully saturated rings. The van der Waals surface area contributed by atoms with Crippen LogP contribution in [-0.2, 0) is 16.1 Å². The summed E-state index contributed by atoms with van der Waals surface area (Å²) in [5, 5.41) is 0. The van der Waals surface area contributed by atoms with Gasteiger partial charge in [-0.25, -0.2) is 0 Å². The standard InChI is InChI=1S/C15H14F3N3O3/c16-15(17,18)8-21-9-20(7-13(21)23)12(22)6-19-5-10-3-1-2-4-11(10)14(19)24/h1-4H,5-9H2. The first-order chi connectivity index (χ1) is 11.2. The SMILES string of the molecule is O=C(CN1Cc2ccccc2C1=O)N1CC(=O)N(CC(F)(F)F)C1. The lowest BCUT2D eigenvalue weighted by atomic mass is 10.1. The summed E-state index contributed by atoms with van der Waals surface area (Å²) in [6.07, 6.45) is -4.51. The van der Waals surface area contributed by atoms with Crippen LogP contribution in [0.15, 0.2) is 24.3 Å². The number of halogens is 3. The number of hydrogen-bond donors (Lipinski definition) is 0. The summed E-state index contributed by atoms with van der Waals surface area (Å²) in [4.78, 5) is 39.0. The number of hydrogen-bond acceptors (Lipinski definition) is 3. The Morgan fingerprint density at radius 1 is 1.08 bits per heavy atom. The van der Waals surface area contributed by atoms with Gasteiger partial charge in [-0.15, -0.1) is 0 Å². The van der Waals surface area contributed by atoms with E-state index >= 15 is 0 Å². The van der Waals surface area contributed by atoms with Crippen molar-refractivity contribution >= 4 is 17.7 Å². The Hall–Kier alpha value is -2.58. The molecule has 2 heterocycles. The van der Waals surface area contributed by atoms with Gasteiger partial charge in [0.05, 0.1) is 6.67 Å². The highest BCUT2D eigenvalue weighted by molar-refractivity contribution is 6.00. The lowest BCUT2D eigenvalue weighted by Gasteiger charge is -2.21. The minimum atomic E-state index is -4.51. The van der Waals surface area contributed by atoms with E-state index in [1.807, 2.05) is 0 Å². The molecule has 3 rings (SSSR count). The van der Waals surface area contributed by atoms with Crippen LogP contribution in [-0.4, -0.2) is 64.9 Å². The number of fused-ring (bicyclic) bond motifs is 1. The van der Waals surface area contributed by atoms with Crippen molar-refractivity contribution in [2.75, 3.05) is 26.3 Å². The Balaban J connectivity index is 1.61. The maximum absolute atomic E-state index is 12.4. The normalized spacial score (nSPS) is 17.7. The zero-order valence-corrected chi connectivity index (χ0v) is 12.5. The molecule has 1 aromatic rings. The van der Waals surface area contributed by atoms with Crippen molar-refractivity contribution in [2.45, 2.75) is 12.7 Å². The van der Waals surface area contributed by atoms with Gasteiger partial charge >= 0.3 is 6.18 Å². The average molecular weight is 341 g/mol. The predicted octanol–water partition coefficient (Wildman–Crippen LogP) is 0.833. The van der Waals surface area contributed by atoms with Gasteiger partial charge in [-0.1, -0.05) is 18.2 Å². The second kappa shape index (κ2) is 5.81. The molecule has 3 amide bonds. The van der Waals surface area contributed by atoms with Crippen molar-refractivity contribution in [1.82, 2.24) is 14.7 Å². The van der Waals surface area contributed by atoms with E-state index in [1.54, 1.807) is 24.3 Å². The Morgan fingerprint density at radius 2 is 1.79 bits per heavy atom. The Bertz CT molecular complexity index is 705. The number of amides is 3. The quantitative estimate of drug-likeness (QED) is 0.818. The van der Waals surface area contributed by atoms with E-state index in [0.29, 0.717) is 10.5 Å². The molecule has 0 aromatic heterocycles. The Labute approximate surface area is 135 Å². The second-order valence-electron chi connectivity index (χ2n) is 5.76. The minimum Gasteiger partial charge on any atom is -0.325 e. The lowest BCUT2D eigenvalue weighted by Crippen LogP contribution is -2.41. The van der Waals surface area contributed by atoms with Crippen LogP contribution >= 0.6 is 0 Å². The zero-order chi connectivity index (χ0) is 17.5. The monoisotopic (exact) mass is 341 g/mol. The fourth-order valence-corrected chi connectivity index (χ4v) is 2.83. The van der Waals surface area contributed by atoms with Gasteiger partial charge in [-0.2, -0.15) is 13.2 Å². The molecule has 2 aliphatic heterocycles. The molecule has 0 atom stereocenters. The second-order valence-corrected chi connectivity index (χ2v) is 5.76. The number of alkyl halides is 3. The van der Waals surface area contributed by atoms with Crippen molar-refractivity contribution < 1.29 is 27.6 Å². The summed E-state index contributed by atoms with van der Waals surface area (Å²) < 4.78 is 37.2. The first kappa shape index (κ1) is 16.3. The first-order valence-electron chi connectivity index (χ1n) is 7.24. The number of carbonyl (C=O) groups is 3. The summed E-state index contributed by atoms with van der Waals surface area (Å²) in [6, 6.07) is 6.94. The molecule has 1 aromatic carbocycles. The summed E-state index contributed by atoms with van der Waals surface area (Å²) >= 11 is 0. The van der Waals surface area contributed by atoms with Crippen LogP contribution in [0.4, 0.5) is 13.2 Å². The van der Waals surface area contributed by atoms with E-state index in [-0.39, 0.29) is 19.0 Å². The topological polar surface area (TPSA) is 60.9 Å². The number of nitrogens with zero attached hydrogens (tertiary/aromatic N) is 3. The highest BCUT2D eigenvalue weighted by atomic mass is 19.4. The molecule has 128 valence electrons. The van der Waals surface area contributed by atoms with Crippen LogP contribution < -0.4 is 0 Å². The highest BCUT2D eigenvalue weighted by Gasteiger charge is 2.39. The highest BCUT2D eigenvalue weighted by Crippen LogP contribution is 2.23. The molecule has 0 aliphatic carbocycles. The zero-order valence-electron chi connectivity index (χ0n) is 12.5. The van der Waals surface area contributed by atoms with Crippen molar-refractivity contribution in [2.24, 2.45) is 0 Å². The number of benzene rings is 1. The van der Waals surface area contributed by atoms with Crippen molar-refractivity contribution in [3.8, 4) is 0 Å².